The Morgan fingerprint density at radius 3 is 2.28 bits per heavy atom. The highest BCUT2D eigenvalue weighted by Gasteiger charge is 2.42. The van der Waals surface area contributed by atoms with Crippen molar-refractivity contribution in [2.45, 2.75) is 44.9 Å². The van der Waals surface area contributed by atoms with Crippen molar-refractivity contribution in [1.82, 2.24) is 10.2 Å². The molecule has 1 saturated heterocycles. The number of Topliss-reactive ketones (excluding diaryl/α,β-unsaturated/α-hetero) is 1. The molecule has 1 aliphatic heterocycles. The molecule has 1 fully saturated rings. The van der Waals surface area contributed by atoms with Crippen LogP contribution in [-0.2, 0) is 32.1 Å². The average Bonchev–Trinajstić information content (AvgIpc) is 3.44. The first-order valence-corrected chi connectivity index (χ1v) is 14.1. The fraction of sp³-hybridized carbons (Fsp3) is 0.281. The number of nitrogens with zero attached hydrogens (tertiary/aromatic N) is 1. The molecule has 0 saturated carbocycles. The number of benzene rings is 3. The number of phenolic OH excluding ortho intramolecular Hbond substituents is 1. The van der Waals surface area contributed by atoms with Crippen molar-refractivity contribution < 1.29 is 38.9 Å². The van der Waals surface area contributed by atoms with Gasteiger partial charge in [0.15, 0.2) is 0 Å². The number of ketones is 1. The first kappa shape index (κ1) is 31.2. The number of rotatable bonds is 11. The van der Waals surface area contributed by atoms with Crippen LogP contribution in [0, 0.1) is 5.92 Å². The van der Waals surface area contributed by atoms with E-state index in [1.807, 2.05) is 30.3 Å². The molecule has 0 aliphatic carbocycles. The Balaban J connectivity index is 1.34. The zero-order valence-corrected chi connectivity index (χ0v) is 24.3. The number of likely N-dealkylation sites (tertiary alicyclic amines) is 1. The van der Waals surface area contributed by atoms with Crippen LogP contribution < -0.4 is 10.1 Å². The predicted molar refractivity (Wildman–Crippen MR) is 161 cm³/mol. The quantitative estimate of drug-likeness (QED) is 0.162. The molecule has 2 unspecified atom stereocenters. The first-order chi connectivity index (χ1) is 20.6. The summed E-state index contributed by atoms with van der Waals surface area (Å²) >= 11 is 5.48. The van der Waals surface area contributed by atoms with E-state index in [0.29, 0.717) is 12.0 Å². The fourth-order valence-corrected chi connectivity index (χ4v) is 5.37. The third-order valence-electron chi connectivity index (χ3n) is 7.24. The van der Waals surface area contributed by atoms with Crippen LogP contribution >= 0.6 is 12.2 Å². The van der Waals surface area contributed by atoms with Gasteiger partial charge in [0, 0.05) is 5.56 Å². The molecule has 11 heteroatoms. The molecule has 1 amide bonds. The largest absolute Gasteiger partial charge is 0.514 e. The second kappa shape index (κ2) is 14.4. The van der Waals surface area contributed by atoms with E-state index in [9.17, 15) is 29.4 Å². The molecule has 1 heterocycles. The van der Waals surface area contributed by atoms with Crippen LogP contribution in [0.25, 0.3) is 0 Å². The number of carbonyl (C=O) groups excluding carboxylic acids is 3. The van der Waals surface area contributed by atoms with Gasteiger partial charge in [0.25, 0.3) is 0 Å². The van der Waals surface area contributed by atoms with Crippen LogP contribution in [0.15, 0.2) is 78.9 Å². The lowest BCUT2D eigenvalue weighted by Crippen LogP contribution is -2.47. The molecule has 0 aromatic heterocycles. The number of phenols is 1. The van der Waals surface area contributed by atoms with Gasteiger partial charge in [-0.25, -0.2) is 9.59 Å². The van der Waals surface area contributed by atoms with Gasteiger partial charge in [0.2, 0.25) is 5.91 Å². The third-order valence-corrected chi connectivity index (χ3v) is 7.67. The summed E-state index contributed by atoms with van der Waals surface area (Å²) in [6.07, 6.45) is 0.00736. The minimum atomic E-state index is -1.13. The summed E-state index contributed by atoms with van der Waals surface area (Å²) in [5, 5.41) is 22.9. The SMILES string of the molecule is CC(=O)C(Cc1ccc(OC(=O)OCc2ccccc2)cc1)C(=S)NCC(=O)N1C(c2ccccc2O)CC[C@H]1C(=O)O. The topological polar surface area (TPSA) is 142 Å². The summed E-state index contributed by atoms with van der Waals surface area (Å²) in [6.45, 7) is 1.17. The van der Waals surface area contributed by atoms with Crippen molar-refractivity contribution in [3.63, 3.8) is 0 Å². The molecular formula is C32H32N2O8S. The van der Waals surface area contributed by atoms with Gasteiger partial charge in [-0.3, -0.25) is 9.59 Å². The zero-order valence-electron chi connectivity index (χ0n) is 23.5. The molecular weight excluding hydrogens is 572 g/mol. The lowest BCUT2D eigenvalue weighted by atomic mass is 9.95. The van der Waals surface area contributed by atoms with E-state index in [2.05, 4.69) is 5.32 Å². The van der Waals surface area contributed by atoms with E-state index in [1.54, 1.807) is 42.5 Å². The molecule has 10 nitrogen and oxygen atoms in total. The summed E-state index contributed by atoms with van der Waals surface area (Å²) < 4.78 is 10.3. The van der Waals surface area contributed by atoms with E-state index in [4.69, 9.17) is 21.7 Å². The first-order valence-electron chi connectivity index (χ1n) is 13.7. The molecule has 224 valence electrons. The Kier molecular flexibility index (Phi) is 10.4. The van der Waals surface area contributed by atoms with Crippen LogP contribution in [0.4, 0.5) is 4.79 Å². The summed E-state index contributed by atoms with van der Waals surface area (Å²) in [7, 11) is 0. The van der Waals surface area contributed by atoms with Crippen molar-refractivity contribution in [3.05, 3.63) is 95.6 Å². The normalized spacial score (nSPS) is 16.6. The lowest BCUT2D eigenvalue weighted by Gasteiger charge is -2.29. The van der Waals surface area contributed by atoms with Crippen LogP contribution in [0.5, 0.6) is 11.5 Å². The number of aromatic hydroxyl groups is 1. The van der Waals surface area contributed by atoms with E-state index < -0.39 is 36.0 Å². The highest BCUT2D eigenvalue weighted by molar-refractivity contribution is 7.80. The summed E-state index contributed by atoms with van der Waals surface area (Å²) in [5.41, 5.74) is 2.04. The average molecular weight is 605 g/mol. The molecule has 1 aliphatic rings. The number of carboxylic acids is 1. The molecule has 0 spiro atoms. The maximum Gasteiger partial charge on any atom is 0.514 e. The molecule has 43 heavy (non-hydrogen) atoms. The van der Waals surface area contributed by atoms with Gasteiger partial charge in [-0.2, -0.15) is 0 Å². The van der Waals surface area contributed by atoms with Crippen molar-refractivity contribution in [2.75, 3.05) is 6.54 Å². The highest BCUT2D eigenvalue weighted by atomic mass is 32.1. The molecule has 3 aromatic rings. The Bertz CT molecular complexity index is 1480. The molecule has 3 aromatic carbocycles. The van der Waals surface area contributed by atoms with Gasteiger partial charge in [-0.1, -0.05) is 72.9 Å². The van der Waals surface area contributed by atoms with Crippen molar-refractivity contribution in [3.8, 4) is 11.5 Å². The highest BCUT2D eigenvalue weighted by Crippen LogP contribution is 2.39. The molecule has 4 rings (SSSR count). The maximum absolute atomic E-state index is 13.3. The molecule has 3 N–H and O–H groups in total. The van der Waals surface area contributed by atoms with Crippen LogP contribution in [0.2, 0.25) is 0 Å². The van der Waals surface area contributed by atoms with Crippen LogP contribution in [-0.4, -0.2) is 56.5 Å². The predicted octanol–water partition coefficient (Wildman–Crippen LogP) is 4.59. The Morgan fingerprint density at radius 2 is 1.63 bits per heavy atom. The van der Waals surface area contributed by atoms with Gasteiger partial charge in [-0.15, -0.1) is 0 Å². The zero-order chi connectivity index (χ0) is 30.9. The van der Waals surface area contributed by atoms with Gasteiger partial charge in [0.1, 0.15) is 29.9 Å². The summed E-state index contributed by atoms with van der Waals surface area (Å²) in [5.74, 6) is -2.35. The number of aliphatic carboxylic acids is 1. The number of nitrogens with one attached hydrogen (secondary N) is 1. The lowest BCUT2D eigenvalue weighted by molar-refractivity contribution is -0.149. The molecule has 0 bridgehead atoms. The van der Waals surface area contributed by atoms with E-state index in [-0.39, 0.29) is 48.3 Å². The second-order valence-corrected chi connectivity index (χ2v) is 10.6. The van der Waals surface area contributed by atoms with Gasteiger partial charge in [0.05, 0.1) is 23.5 Å². The number of amides is 1. The number of carboxylic acid groups (broad SMARTS) is 1. The van der Waals surface area contributed by atoms with Crippen molar-refractivity contribution in [1.29, 1.82) is 0 Å². The number of ether oxygens (including phenoxy) is 2. The van der Waals surface area contributed by atoms with E-state index in [1.165, 1.54) is 17.9 Å². The second-order valence-electron chi connectivity index (χ2n) is 10.2. The minimum absolute atomic E-state index is 0.0167. The number of hydrogen-bond acceptors (Lipinski definition) is 8. The number of thiocarbonyl (C=S) groups is 1. The minimum Gasteiger partial charge on any atom is -0.508 e. The van der Waals surface area contributed by atoms with Gasteiger partial charge >= 0.3 is 12.1 Å². The fourth-order valence-electron chi connectivity index (χ4n) is 5.05. The molecule has 0 radical (unpaired) electrons. The smallest absolute Gasteiger partial charge is 0.508 e. The maximum atomic E-state index is 13.3. The van der Waals surface area contributed by atoms with Crippen LogP contribution in [0.1, 0.15) is 42.5 Å². The summed E-state index contributed by atoms with van der Waals surface area (Å²) in [4.78, 5) is 51.1. The summed E-state index contributed by atoms with van der Waals surface area (Å²) in [6, 6.07) is 20.6. The molecule has 3 atom stereocenters. The Hall–Kier alpha value is -4.77. The number of para-hydroxylation sites is 1. The van der Waals surface area contributed by atoms with Gasteiger partial charge < -0.3 is 29.9 Å². The van der Waals surface area contributed by atoms with E-state index >= 15 is 0 Å². The van der Waals surface area contributed by atoms with Crippen molar-refractivity contribution in [2.24, 2.45) is 5.92 Å². The van der Waals surface area contributed by atoms with Gasteiger partial charge in [-0.05, 0) is 55.5 Å². The monoisotopic (exact) mass is 604 g/mol. The third kappa shape index (κ3) is 8.16. The number of carbonyl (C=O) groups is 4. The van der Waals surface area contributed by atoms with Crippen LogP contribution in [0.3, 0.4) is 0 Å². The van der Waals surface area contributed by atoms with E-state index in [0.717, 1.165) is 11.1 Å². The standard InChI is InChI=1S/C32H32N2O8S/c1-20(35)25(17-21-11-13-23(14-12-21)42-32(40)41-19-22-7-3-2-4-8-22)30(43)33-18-29(37)34-26(15-16-27(34)31(38)39)24-9-5-6-10-28(24)36/h2-14,25-27,36H,15-19H2,1H3,(H,33,43)(H,38,39)/t25?,26?,27-/m0/s1. The number of hydrogen-bond donors (Lipinski definition) is 3. The van der Waals surface area contributed by atoms with Crippen molar-refractivity contribution >= 4 is 41.0 Å². The Morgan fingerprint density at radius 1 is 0.953 bits per heavy atom. The Labute approximate surface area is 254 Å².